The van der Waals surface area contributed by atoms with Crippen molar-refractivity contribution >= 4 is 11.0 Å². The summed E-state index contributed by atoms with van der Waals surface area (Å²) in [6.07, 6.45) is 2.12. The molecule has 0 fully saturated rings. The summed E-state index contributed by atoms with van der Waals surface area (Å²) in [5, 5.41) is 10.5. The van der Waals surface area contributed by atoms with Crippen molar-refractivity contribution in [3.63, 3.8) is 0 Å². The average Bonchev–Trinajstić information content (AvgIpc) is 2.51. The minimum Gasteiger partial charge on any atom is -0.508 e. The Morgan fingerprint density at radius 3 is 2.59 bits per heavy atom. The number of hydrogen-bond acceptors (Lipinski definition) is 3. The van der Waals surface area contributed by atoms with Crippen LogP contribution in [0.4, 0.5) is 0 Å². The summed E-state index contributed by atoms with van der Waals surface area (Å²) in [6, 6.07) is 12.6. The van der Waals surface area contributed by atoms with Crippen molar-refractivity contribution in [1.29, 1.82) is 0 Å². The van der Waals surface area contributed by atoms with E-state index in [1.807, 2.05) is 30.3 Å². The van der Waals surface area contributed by atoms with E-state index in [1.54, 1.807) is 19.1 Å². The van der Waals surface area contributed by atoms with Crippen LogP contribution in [-0.4, -0.2) is 5.11 Å². The molecule has 3 rings (SSSR count). The van der Waals surface area contributed by atoms with E-state index < -0.39 is 0 Å². The Bertz CT molecular complexity index is 905. The number of hydrogen-bond donors (Lipinski definition) is 1. The molecule has 3 nitrogen and oxygen atoms in total. The van der Waals surface area contributed by atoms with E-state index in [9.17, 15) is 9.90 Å². The number of phenolic OH excluding ortho intramolecular Hbond substituents is 1. The smallest absolute Gasteiger partial charge is 0.200 e. The van der Waals surface area contributed by atoms with Crippen molar-refractivity contribution in [2.75, 3.05) is 0 Å². The lowest BCUT2D eigenvalue weighted by atomic mass is 10.00. The molecular formula is C19H16O3. The van der Waals surface area contributed by atoms with Crippen LogP contribution >= 0.6 is 0 Å². The topological polar surface area (TPSA) is 50.4 Å². The fourth-order valence-corrected chi connectivity index (χ4v) is 2.69. The number of aryl methyl sites for hydroxylation is 1. The molecule has 22 heavy (non-hydrogen) atoms. The molecule has 1 heterocycles. The Morgan fingerprint density at radius 2 is 1.91 bits per heavy atom. The predicted molar refractivity (Wildman–Crippen MR) is 88.2 cm³/mol. The molecular weight excluding hydrogens is 276 g/mol. The monoisotopic (exact) mass is 292 g/mol. The number of aromatic hydroxyl groups is 1. The first kappa shape index (κ1) is 14.1. The standard InChI is InChI=1S/C19H16O3/c1-3-7-14-16(20)11-10-15-18(21)17(12(2)22-19(14)15)13-8-5-4-6-9-13/h3-6,8-11,20H,1,7H2,2H3. The summed E-state index contributed by atoms with van der Waals surface area (Å²) in [6.45, 7) is 5.45. The molecule has 0 saturated heterocycles. The van der Waals surface area contributed by atoms with Gasteiger partial charge < -0.3 is 9.52 Å². The first-order chi connectivity index (χ1) is 10.6. The molecule has 1 aromatic heterocycles. The SMILES string of the molecule is C=CCc1c(O)ccc2c(=O)c(-c3ccccc3)c(C)oc12. The van der Waals surface area contributed by atoms with Gasteiger partial charge in [0.05, 0.1) is 10.9 Å². The maximum Gasteiger partial charge on any atom is 0.200 e. The van der Waals surface area contributed by atoms with Crippen molar-refractivity contribution in [2.45, 2.75) is 13.3 Å². The van der Waals surface area contributed by atoms with E-state index in [0.717, 1.165) is 5.56 Å². The summed E-state index contributed by atoms with van der Waals surface area (Å²) in [7, 11) is 0. The van der Waals surface area contributed by atoms with Gasteiger partial charge in [0.25, 0.3) is 0 Å². The van der Waals surface area contributed by atoms with E-state index in [-0.39, 0.29) is 11.2 Å². The molecule has 0 aliphatic heterocycles. The highest BCUT2D eigenvalue weighted by Crippen LogP contribution is 2.30. The molecule has 0 bridgehead atoms. The zero-order chi connectivity index (χ0) is 15.7. The van der Waals surface area contributed by atoms with E-state index in [4.69, 9.17) is 4.42 Å². The highest BCUT2D eigenvalue weighted by Gasteiger charge is 2.16. The maximum atomic E-state index is 12.9. The second-order valence-electron chi connectivity index (χ2n) is 5.16. The molecule has 0 amide bonds. The first-order valence-corrected chi connectivity index (χ1v) is 7.08. The first-order valence-electron chi connectivity index (χ1n) is 7.08. The molecule has 3 heteroatoms. The number of fused-ring (bicyclic) bond motifs is 1. The average molecular weight is 292 g/mol. The number of benzene rings is 2. The Balaban J connectivity index is 2.39. The van der Waals surface area contributed by atoms with Gasteiger partial charge in [-0.25, -0.2) is 0 Å². The van der Waals surface area contributed by atoms with Gasteiger partial charge in [0, 0.05) is 5.56 Å². The Labute approximate surface area is 128 Å². The van der Waals surface area contributed by atoms with Gasteiger partial charge in [0.15, 0.2) is 0 Å². The van der Waals surface area contributed by atoms with Gasteiger partial charge in [-0.1, -0.05) is 36.4 Å². The molecule has 3 aromatic rings. The minimum atomic E-state index is -0.0877. The molecule has 2 aromatic carbocycles. The molecule has 0 aliphatic carbocycles. The molecule has 110 valence electrons. The van der Waals surface area contributed by atoms with Crippen LogP contribution in [0.5, 0.6) is 5.75 Å². The van der Waals surface area contributed by atoms with E-state index >= 15 is 0 Å². The molecule has 0 unspecified atom stereocenters. The van der Waals surface area contributed by atoms with Crippen molar-refractivity contribution in [3.05, 3.63) is 76.7 Å². The second kappa shape index (κ2) is 5.53. The van der Waals surface area contributed by atoms with Crippen LogP contribution in [0, 0.1) is 6.92 Å². The van der Waals surface area contributed by atoms with E-state index in [0.29, 0.717) is 34.3 Å². The van der Waals surface area contributed by atoms with Crippen molar-refractivity contribution < 1.29 is 9.52 Å². The summed E-state index contributed by atoms with van der Waals surface area (Å²) in [5.41, 5.74) is 2.32. The third-order valence-corrected chi connectivity index (χ3v) is 3.73. The van der Waals surface area contributed by atoms with Gasteiger partial charge in [-0.3, -0.25) is 4.79 Å². The van der Waals surface area contributed by atoms with Crippen LogP contribution in [0.3, 0.4) is 0 Å². The largest absolute Gasteiger partial charge is 0.508 e. The van der Waals surface area contributed by atoms with Gasteiger partial charge in [-0.05, 0) is 31.0 Å². The van der Waals surface area contributed by atoms with Crippen LogP contribution in [0.2, 0.25) is 0 Å². The number of allylic oxidation sites excluding steroid dienone is 1. The lowest BCUT2D eigenvalue weighted by Gasteiger charge is -2.10. The quantitative estimate of drug-likeness (QED) is 0.736. The summed E-state index contributed by atoms with van der Waals surface area (Å²) in [4.78, 5) is 12.9. The van der Waals surface area contributed by atoms with E-state index in [1.165, 1.54) is 6.07 Å². The Hall–Kier alpha value is -2.81. The second-order valence-corrected chi connectivity index (χ2v) is 5.16. The summed E-state index contributed by atoms with van der Waals surface area (Å²) in [5.74, 6) is 0.655. The normalized spacial score (nSPS) is 10.8. The van der Waals surface area contributed by atoms with Gasteiger partial charge in [0.1, 0.15) is 17.1 Å². The maximum absolute atomic E-state index is 12.9. The van der Waals surface area contributed by atoms with Gasteiger partial charge in [0.2, 0.25) is 5.43 Å². The third kappa shape index (κ3) is 2.21. The predicted octanol–water partition coefficient (Wildman–Crippen LogP) is 4.20. The molecule has 0 aliphatic rings. The summed E-state index contributed by atoms with van der Waals surface area (Å²) < 4.78 is 5.88. The van der Waals surface area contributed by atoms with Crippen LogP contribution in [-0.2, 0) is 6.42 Å². The lowest BCUT2D eigenvalue weighted by Crippen LogP contribution is -2.08. The highest BCUT2D eigenvalue weighted by atomic mass is 16.3. The van der Waals surface area contributed by atoms with Crippen LogP contribution in [0.25, 0.3) is 22.1 Å². The zero-order valence-corrected chi connectivity index (χ0v) is 12.3. The van der Waals surface area contributed by atoms with Crippen molar-refractivity contribution in [1.82, 2.24) is 0 Å². The van der Waals surface area contributed by atoms with E-state index in [2.05, 4.69) is 6.58 Å². The fourth-order valence-electron chi connectivity index (χ4n) is 2.69. The van der Waals surface area contributed by atoms with Crippen molar-refractivity contribution in [2.24, 2.45) is 0 Å². The Morgan fingerprint density at radius 1 is 1.18 bits per heavy atom. The van der Waals surface area contributed by atoms with Crippen LogP contribution in [0.15, 0.2) is 64.3 Å². The molecule has 0 atom stereocenters. The number of rotatable bonds is 3. The zero-order valence-electron chi connectivity index (χ0n) is 12.3. The summed E-state index contributed by atoms with van der Waals surface area (Å²) >= 11 is 0. The molecule has 1 N–H and O–H groups in total. The molecule has 0 saturated carbocycles. The van der Waals surface area contributed by atoms with Gasteiger partial charge >= 0.3 is 0 Å². The van der Waals surface area contributed by atoms with Crippen LogP contribution < -0.4 is 5.43 Å². The Kier molecular flexibility index (Phi) is 3.55. The third-order valence-electron chi connectivity index (χ3n) is 3.73. The number of phenols is 1. The van der Waals surface area contributed by atoms with Gasteiger partial charge in [-0.2, -0.15) is 0 Å². The van der Waals surface area contributed by atoms with Gasteiger partial charge in [-0.15, -0.1) is 6.58 Å². The van der Waals surface area contributed by atoms with Crippen molar-refractivity contribution in [3.8, 4) is 16.9 Å². The highest BCUT2D eigenvalue weighted by molar-refractivity contribution is 5.86. The minimum absolute atomic E-state index is 0.0877. The van der Waals surface area contributed by atoms with Crippen LogP contribution in [0.1, 0.15) is 11.3 Å². The lowest BCUT2D eigenvalue weighted by molar-refractivity contribution is 0.467. The molecule has 0 radical (unpaired) electrons. The molecule has 0 spiro atoms. The fraction of sp³-hybridized carbons (Fsp3) is 0.105.